The van der Waals surface area contributed by atoms with Crippen LogP contribution in [0.15, 0.2) is 22.7 Å². The van der Waals surface area contributed by atoms with Gasteiger partial charge in [0.1, 0.15) is 5.75 Å². The number of rotatable bonds is 6. The van der Waals surface area contributed by atoms with E-state index in [1.165, 1.54) is 5.56 Å². The molecule has 0 aliphatic rings. The summed E-state index contributed by atoms with van der Waals surface area (Å²) in [4.78, 5) is 2.22. The zero-order chi connectivity index (χ0) is 13.7. The van der Waals surface area contributed by atoms with Gasteiger partial charge in [0, 0.05) is 16.1 Å². The van der Waals surface area contributed by atoms with Gasteiger partial charge in [0.2, 0.25) is 0 Å². The van der Waals surface area contributed by atoms with Gasteiger partial charge in [-0.15, -0.1) is 0 Å². The van der Waals surface area contributed by atoms with E-state index in [0.717, 1.165) is 16.6 Å². The lowest BCUT2D eigenvalue weighted by atomic mass is 9.94. The van der Waals surface area contributed by atoms with Crippen LogP contribution < -0.4 is 10.5 Å². The number of benzene rings is 1. The molecular weight excluding hydrogens is 292 g/mol. The SMILES string of the molecule is COc1ccc(Br)cc1C(CC(C)CN)N(C)C. The van der Waals surface area contributed by atoms with Crippen LogP contribution in [0.4, 0.5) is 0 Å². The molecule has 0 aliphatic carbocycles. The Balaban J connectivity index is 3.08. The molecule has 1 aromatic carbocycles. The van der Waals surface area contributed by atoms with Crippen LogP contribution in [0, 0.1) is 5.92 Å². The van der Waals surface area contributed by atoms with E-state index >= 15 is 0 Å². The van der Waals surface area contributed by atoms with Crippen molar-refractivity contribution in [1.29, 1.82) is 0 Å². The van der Waals surface area contributed by atoms with Crippen LogP contribution in [0.2, 0.25) is 0 Å². The summed E-state index contributed by atoms with van der Waals surface area (Å²) >= 11 is 3.53. The van der Waals surface area contributed by atoms with E-state index in [1.54, 1.807) is 7.11 Å². The van der Waals surface area contributed by atoms with Crippen molar-refractivity contribution in [1.82, 2.24) is 4.90 Å². The Bertz CT molecular complexity index is 382. The Morgan fingerprint density at radius 1 is 1.39 bits per heavy atom. The third-order valence-electron chi connectivity index (χ3n) is 3.20. The molecule has 0 saturated carbocycles. The molecule has 18 heavy (non-hydrogen) atoms. The lowest BCUT2D eigenvalue weighted by molar-refractivity contribution is 0.248. The summed E-state index contributed by atoms with van der Waals surface area (Å²) in [5.41, 5.74) is 6.95. The van der Waals surface area contributed by atoms with Crippen LogP contribution >= 0.6 is 15.9 Å². The first-order valence-electron chi connectivity index (χ1n) is 6.19. The van der Waals surface area contributed by atoms with Gasteiger partial charge in [-0.05, 0) is 51.2 Å². The second-order valence-electron chi connectivity index (χ2n) is 4.94. The topological polar surface area (TPSA) is 38.5 Å². The van der Waals surface area contributed by atoms with E-state index in [2.05, 4.69) is 47.9 Å². The molecule has 4 heteroatoms. The van der Waals surface area contributed by atoms with Crippen molar-refractivity contribution in [3.05, 3.63) is 28.2 Å². The molecule has 0 heterocycles. The molecule has 2 unspecified atom stereocenters. The minimum atomic E-state index is 0.316. The van der Waals surface area contributed by atoms with Gasteiger partial charge in [0.25, 0.3) is 0 Å². The van der Waals surface area contributed by atoms with Crippen molar-refractivity contribution < 1.29 is 4.74 Å². The second kappa shape index (κ2) is 7.12. The predicted molar refractivity (Wildman–Crippen MR) is 80.0 cm³/mol. The van der Waals surface area contributed by atoms with Gasteiger partial charge >= 0.3 is 0 Å². The van der Waals surface area contributed by atoms with Crippen LogP contribution in [0.3, 0.4) is 0 Å². The van der Waals surface area contributed by atoms with Crippen LogP contribution in [-0.4, -0.2) is 32.6 Å². The predicted octanol–water partition coefficient (Wildman–Crippen LogP) is 3.05. The van der Waals surface area contributed by atoms with Gasteiger partial charge in [-0.25, -0.2) is 0 Å². The van der Waals surface area contributed by atoms with Crippen molar-refractivity contribution in [3.8, 4) is 5.75 Å². The zero-order valence-electron chi connectivity index (χ0n) is 11.6. The third kappa shape index (κ3) is 3.97. The molecular formula is C14H23BrN2O. The van der Waals surface area contributed by atoms with Crippen LogP contribution in [0.5, 0.6) is 5.75 Å². The first kappa shape index (κ1) is 15.5. The number of methoxy groups -OCH3 is 1. The van der Waals surface area contributed by atoms with Crippen molar-refractivity contribution in [2.75, 3.05) is 27.7 Å². The minimum Gasteiger partial charge on any atom is -0.496 e. The normalized spacial score (nSPS) is 14.6. The molecule has 2 N–H and O–H groups in total. The number of hydrogen-bond donors (Lipinski definition) is 1. The van der Waals surface area contributed by atoms with Gasteiger partial charge in [0.15, 0.2) is 0 Å². The maximum Gasteiger partial charge on any atom is 0.123 e. The maximum absolute atomic E-state index is 5.74. The summed E-state index contributed by atoms with van der Waals surface area (Å²) in [7, 11) is 5.90. The Hall–Kier alpha value is -0.580. The largest absolute Gasteiger partial charge is 0.496 e. The highest BCUT2D eigenvalue weighted by Crippen LogP contribution is 2.34. The highest BCUT2D eigenvalue weighted by atomic mass is 79.9. The first-order chi connectivity index (χ1) is 8.49. The number of hydrogen-bond acceptors (Lipinski definition) is 3. The summed E-state index contributed by atoms with van der Waals surface area (Å²) in [6.07, 6.45) is 1.02. The highest BCUT2D eigenvalue weighted by Gasteiger charge is 2.20. The number of nitrogens with two attached hydrogens (primary N) is 1. The molecule has 0 amide bonds. The second-order valence-corrected chi connectivity index (χ2v) is 5.86. The van der Waals surface area contributed by atoms with Crippen LogP contribution in [-0.2, 0) is 0 Å². The van der Waals surface area contributed by atoms with Gasteiger partial charge in [-0.3, -0.25) is 0 Å². The number of nitrogens with zero attached hydrogens (tertiary/aromatic N) is 1. The molecule has 0 aromatic heterocycles. The molecule has 0 radical (unpaired) electrons. The Morgan fingerprint density at radius 2 is 2.06 bits per heavy atom. The summed E-state index contributed by atoms with van der Waals surface area (Å²) < 4.78 is 6.54. The standard InChI is InChI=1S/C14H23BrN2O/c1-10(9-16)7-13(17(2)3)12-8-11(15)5-6-14(12)18-4/h5-6,8,10,13H,7,9,16H2,1-4H3. The summed E-state index contributed by atoms with van der Waals surface area (Å²) in [5, 5.41) is 0. The minimum absolute atomic E-state index is 0.316. The monoisotopic (exact) mass is 314 g/mol. The first-order valence-corrected chi connectivity index (χ1v) is 6.98. The van der Waals surface area contributed by atoms with Crippen molar-refractivity contribution in [3.63, 3.8) is 0 Å². The van der Waals surface area contributed by atoms with Crippen LogP contribution in [0.1, 0.15) is 24.9 Å². The third-order valence-corrected chi connectivity index (χ3v) is 3.70. The summed E-state index contributed by atoms with van der Waals surface area (Å²) in [5.74, 6) is 1.42. The fourth-order valence-electron chi connectivity index (χ4n) is 2.06. The number of halogens is 1. The highest BCUT2D eigenvalue weighted by molar-refractivity contribution is 9.10. The van der Waals surface area contributed by atoms with E-state index in [-0.39, 0.29) is 0 Å². The Morgan fingerprint density at radius 3 is 2.56 bits per heavy atom. The molecule has 0 aliphatic heterocycles. The van der Waals surface area contributed by atoms with E-state index in [9.17, 15) is 0 Å². The quantitative estimate of drug-likeness (QED) is 0.877. The Kier molecular flexibility index (Phi) is 6.12. The summed E-state index contributed by atoms with van der Waals surface area (Å²) in [6.45, 7) is 2.89. The van der Waals surface area contributed by atoms with E-state index < -0.39 is 0 Å². The van der Waals surface area contributed by atoms with Crippen molar-refractivity contribution >= 4 is 15.9 Å². The molecule has 0 saturated heterocycles. The average molecular weight is 315 g/mol. The molecule has 0 spiro atoms. The number of ether oxygens (including phenoxy) is 1. The van der Waals surface area contributed by atoms with Crippen LogP contribution in [0.25, 0.3) is 0 Å². The molecule has 0 bridgehead atoms. The molecule has 3 nitrogen and oxygen atoms in total. The average Bonchev–Trinajstić information content (AvgIpc) is 2.35. The molecule has 102 valence electrons. The lowest BCUT2D eigenvalue weighted by Crippen LogP contribution is -2.25. The van der Waals surface area contributed by atoms with E-state index in [4.69, 9.17) is 10.5 Å². The van der Waals surface area contributed by atoms with Gasteiger partial charge in [-0.2, -0.15) is 0 Å². The summed E-state index contributed by atoms with van der Waals surface area (Å²) in [6, 6.07) is 6.45. The van der Waals surface area contributed by atoms with Gasteiger partial charge in [-0.1, -0.05) is 22.9 Å². The molecule has 1 rings (SSSR count). The van der Waals surface area contributed by atoms with Gasteiger partial charge in [0.05, 0.1) is 7.11 Å². The molecule has 1 aromatic rings. The molecule has 0 fully saturated rings. The fraction of sp³-hybridized carbons (Fsp3) is 0.571. The van der Waals surface area contributed by atoms with Crippen molar-refractivity contribution in [2.24, 2.45) is 11.7 Å². The fourth-order valence-corrected chi connectivity index (χ4v) is 2.44. The van der Waals surface area contributed by atoms with Crippen molar-refractivity contribution in [2.45, 2.75) is 19.4 Å². The van der Waals surface area contributed by atoms with Gasteiger partial charge < -0.3 is 15.4 Å². The zero-order valence-corrected chi connectivity index (χ0v) is 13.2. The smallest absolute Gasteiger partial charge is 0.123 e. The molecule has 2 atom stereocenters. The maximum atomic E-state index is 5.74. The lowest BCUT2D eigenvalue weighted by Gasteiger charge is -2.28. The Labute approximate surface area is 118 Å². The van der Waals surface area contributed by atoms with E-state index in [1.807, 2.05) is 12.1 Å². The van der Waals surface area contributed by atoms with E-state index in [0.29, 0.717) is 18.5 Å².